The highest BCUT2D eigenvalue weighted by molar-refractivity contribution is 6.00. The molecule has 2 aromatic carbocycles. The van der Waals surface area contributed by atoms with Gasteiger partial charge in [0.05, 0.1) is 0 Å². The Hall–Kier alpha value is -3.82. The maximum atomic E-state index is 13.3. The van der Waals surface area contributed by atoms with Crippen molar-refractivity contribution in [1.29, 1.82) is 0 Å². The number of aliphatic carboxylic acids is 1. The van der Waals surface area contributed by atoms with Gasteiger partial charge in [-0.2, -0.15) is 0 Å². The second-order valence-corrected chi connectivity index (χ2v) is 7.72. The Balaban J connectivity index is 1.34. The molecule has 32 heavy (non-hydrogen) atoms. The van der Waals surface area contributed by atoms with Gasteiger partial charge in [-0.25, -0.2) is 8.78 Å². The smallest absolute Gasteiger partial charge is 0.320 e. The third kappa shape index (κ3) is 5.08. The number of rotatable bonds is 7. The average molecular weight is 442 g/mol. The number of nitrogens with zero attached hydrogens (tertiary/aromatic N) is 2. The molecular formula is C22H20F2N4O4. The summed E-state index contributed by atoms with van der Waals surface area (Å²) in [6.45, 7) is 0. The van der Waals surface area contributed by atoms with E-state index in [0.29, 0.717) is 11.6 Å². The fourth-order valence-electron chi connectivity index (χ4n) is 3.90. The maximum Gasteiger partial charge on any atom is 0.320 e. The van der Waals surface area contributed by atoms with Gasteiger partial charge in [-0.05, 0) is 60.9 Å². The lowest BCUT2D eigenvalue weighted by Gasteiger charge is -2.11. The van der Waals surface area contributed by atoms with Crippen LogP contribution in [-0.2, 0) is 4.79 Å². The zero-order valence-electron chi connectivity index (χ0n) is 16.8. The summed E-state index contributed by atoms with van der Waals surface area (Å²) >= 11 is 0. The van der Waals surface area contributed by atoms with Crippen molar-refractivity contribution in [3.8, 4) is 0 Å². The molecule has 3 N–H and O–H groups in total. The van der Waals surface area contributed by atoms with Gasteiger partial charge in [-0.3, -0.25) is 9.59 Å². The Labute approximate surface area is 181 Å². The van der Waals surface area contributed by atoms with Crippen molar-refractivity contribution in [2.75, 3.05) is 10.6 Å². The van der Waals surface area contributed by atoms with E-state index in [1.807, 2.05) is 12.1 Å². The molecule has 0 saturated heterocycles. The van der Waals surface area contributed by atoms with Crippen LogP contribution in [0.15, 0.2) is 46.9 Å². The molecule has 0 spiro atoms. The minimum absolute atomic E-state index is 0.145. The number of nitrogens with one attached hydrogen (secondary N) is 2. The molecule has 4 rings (SSSR count). The first-order valence-corrected chi connectivity index (χ1v) is 10.1. The van der Waals surface area contributed by atoms with Crippen LogP contribution in [0.2, 0.25) is 0 Å². The molecule has 0 aliphatic heterocycles. The molecular weight excluding hydrogens is 422 g/mol. The number of hydrogen-bond acceptors (Lipinski definition) is 6. The number of carbonyl (C=O) groups is 2. The number of carboxylic acid groups (broad SMARTS) is 1. The summed E-state index contributed by atoms with van der Waals surface area (Å²) in [5.74, 6) is -3.20. The standard InChI is InChI=1S/C22H20F2N4O4/c23-17-8-7-16(11-18(17)24)26-22-28-27-21(32-22)20(31)25-15-5-3-13(4-6-15)14-2-1-12(9-14)10-19(29)30/h3-8,11-12,14H,1-2,9-10H2,(H,25,31)(H,26,28)(H,29,30)/t12?,14-/m0/s1. The van der Waals surface area contributed by atoms with Crippen molar-refractivity contribution in [3.63, 3.8) is 0 Å². The van der Waals surface area contributed by atoms with Crippen LogP contribution in [-0.4, -0.2) is 27.2 Å². The molecule has 1 heterocycles. The van der Waals surface area contributed by atoms with Crippen LogP contribution in [0.5, 0.6) is 0 Å². The van der Waals surface area contributed by atoms with Gasteiger partial charge in [-0.1, -0.05) is 17.2 Å². The molecule has 1 aliphatic rings. The molecule has 0 bridgehead atoms. The molecule has 1 aromatic heterocycles. The highest BCUT2D eigenvalue weighted by atomic mass is 19.2. The molecule has 166 valence electrons. The molecule has 2 atom stereocenters. The zero-order valence-corrected chi connectivity index (χ0v) is 16.8. The van der Waals surface area contributed by atoms with E-state index >= 15 is 0 Å². The van der Waals surface area contributed by atoms with Gasteiger partial charge in [-0.15, -0.1) is 5.10 Å². The van der Waals surface area contributed by atoms with Crippen molar-refractivity contribution in [2.45, 2.75) is 31.6 Å². The van der Waals surface area contributed by atoms with Crippen LogP contribution in [0.3, 0.4) is 0 Å². The van der Waals surface area contributed by atoms with Crippen molar-refractivity contribution >= 4 is 29.3 Å². The lowest BCUT2D eigenvalue weighted by atomic mass is 9.95. The van der Waals surface area contributed by atoms with E-state index in [9.17, 15) is 18.4 Å². The Morgan fingerprint density at radius 2 is 1.78 bits per heavy atom. The van der Waals surface area contributed by atoms with Crippen LogP contribution in [0.1, 0.15) is 47.8 Å². The van der Waals surface area contributed by atoms with E-state index in [4.69, 9.17) is 9.52 Å². The van der Waals surface area contributed by atoms with E-state index < -0.39 is 23.5 Å². The molecule has 1 fully saturated rings. The summed E-state index contributed by atoms with van der Waals surface area (Å²) in [5.41, 5.74) is 1.83. The van der Waals surface area contributed by atoms with Gasteiger partial charge in [0.25, 0.3) is 0 Å². The number of aromatic nitrogens is 2. The third-order valence-corrected chi connectivity index (χ3v) is 5.43. The number of carbonyl (C=O) groups excluding carboxylic acids is 1. The summed E-state index contributed by atoms with van der Waals surface area (Å²) in [4.78, 5) is 23.3. The second-order valence-electron chi connectivity index (χ2n) is 7.72. The number of halogens is 2. The predicted molar refractivity (Wildman–Crippen MR) is 111 cm³/mol. The molecule has 1 unspecified atom stereocenters. The quantitative estimate of drug-likeness (QED) is 0.485. The maximum absolute atomic E-state index is 13.3. The number of amides is 1. The first-order valence-electron chi connectivity index (χ1n) is 10.1. The van der Waals surface area contributed by atoms with Gasteiger partial charge in [0.1, 0.15) is 0 Å². The molecule has 3 aromatic rings. The van der Waals surface area contributed by atoms with Crippen LogP contribution < -0.4 is 10.6 Å². The highest BCUT2D eigenvalue weighted by Crippen LogP contribution is 2.40. The molecule has 10 heteroatoms. The highest BCUT2D eigenvalue weighted by Gasteiger charge is 2.27. The van der Waals surface area contributed by atoms with E-state index in [2.05, 4.69) is 20.8 Å². The van der Waals surface area contributed by atoms with Gasteiger partial charge >= 0.3 is 23.8 Å². The minimum atomic E-state index is -1.04. The number of anilines is 3. The summed E-state index contributed by atoms with van der Waals surface area (Å²) < 4.78 is 31.5. The average Bonchev–Trinajstić information content (AvgIpc) is 3.41. The monoisotopic (exact) mass is 442 g/mol. The first kappa shape index (κ1) is 21.4. The van der Waals surface area contributed by atoms with E-state index in [1.54, 1.807) is 12.1 Å². The Kier molecular flexibility index (Phi) is 6.11. The van der Waals surface area contributed by atoms with Crippen molar-refractivity contribution in [3.05, 3.63) is 65.6 Å². The minimum Gasteiger partial charge on any atom is -0.481 e. The molecule has 1 amide bonds. The normalized spacial score (nSPS) is 17.8. The third-order valence-electron chi connectivity index (χ3n) is 5.43. The van der Waals surface area contributed by atoms with E-state index in [1.165, 1.54) is 6.07 Å². The summed E-state index contributed by atoms with van der Waals surface area (Å²) in [6.07, 6.45) is 2.88. The van der Waals surface area contributed by atoms with Crippen molar-refractivity contribution in [1.82, 2.24) is 10.2 Å². The van der Waals surface area contributed by atoms with E-state index in [0.717, 1.165) is 37.0 Å². The Morgan fingerprint density at radius 1 is 1.03 bits per heavy atom. The van der Waals surface area contributed by atoms with Gasteiger partial charge in [0.15, 0.2) is 11.6 Å². The zero-order chi connectivity index (χ0) is 22.7. The summed E-state index contributed by atoms with van der Waals surface area (Å²) in [6, 6.07) is 10.4. The predicted octanol–water partition coefficient (Wildman–Crippen LogP) is 4.70. The van der Waals surface area contributed by atoms with Gasteiger partial charge in [0, 0.05) is 23.9 Å². The van der Waals surface area contributed by atoms with Crippen LogP contribution >= 0.6 is 0 Å². The Bertz CT molecular complexity index is 1130. The lowest BCUT2D eigenvalue weighted by Crippen LogP contribution is -2.12. The first-order chi connectivity index (χ1) is 15.4. The fraction of sp³-hybridized carbons (Fsp3) is 0.273. The Morgan fingerprint density at radius 3 is 2.50 bits per heavy atom. The topological polar surface area (TPSA) is 117 Å². The van der Waals surface area contributed by atoms with Crippen LogP contribution in [0, 0.1) is 17.6 Å². The van der Waals surface area contributed by atoms with Crippen molar-refractivity contribution < 1.29 is 27.9 Å². The molecule has 1 saturated carbocycles. The van der Waals surface area contributed by atoms with Crippen molar-refractivity contribution in [2.24, 2.45) is 5.92 Å². The molecule has 1 aliphatic carbocycles. The lowest BCUT2D eigenvalue weighted by molar-refractivity contribution is -0.138. The van der Waals surface area contributed by atoms with E-state index in [-0.39, 0.29) is 29.9 Å². The second kappa shape index (κ2) is 9.13. The van der Waals surface area contributed by atoms with Gasteiger partial charge in [0.2, 0.25) is 0 Å². The fourth-order valence-corrected chi connectivity index (χ4v) is 3.90. The van der Waals surface area contributed by atoms with Crippen LogP contribution in [0.25, 0.3) is 0 Å². The molecule has 0 radical (unpaired) electrons. The number of benzene rings is 2. The summed E-state index contributed by atoms with van der Waals surface area (Å²) in [7, 11) is 0. The van der Waals surface area contributed by atoms with Crippen LogP contribution in [0.4, 0.5) is 26.2 Å². The number of carboxylic acids is 1. The number of hydrogen-bond donors (Lipinski definition) is 3. The molecule has 8 nitrogen and oxygen atoms in total. The van der Waals surface area contributed by atoms with Gasteiger partial charge < -0.3 is 20.2 Å². The SMILES string of the molecule is O=C(O)CC1CC[C@H](c2ccc(NC(=O)c3nnc(Nc4ccc(F)c(F)c4)o3)cc2)C1. The summed E-state index contributed by atoms with van der Waals surface area (Å²) in [5, 5.41) is 21.5. The largest absolute Gasteiger partial charge is 0.481 e.